The van der Waals surface area contributed by atoms with E-state index in [9.17, 15) is 4.39 Å². The molecule has 2 aliphatic rings. The smallest absolute Gasteiger partial charge is 0.162 e. The molecule has 3 aromatic carbocycles. The molecule has 0 amide bonds. The number of rotatable bonds is 10. The van der Waals surface area contributed by atoms with Crippen molar-refractivity contribution in [2.24, 2.45) is 0 Å². The van der Waals surface area contributed by atoms with Crippen LogP contribution in [0, 0.1) is 12.7 Å². The Hall–Kier alpha value is -3.79. The predicted molar refractivity (Wildman–Crippen MR) is 157 cm³/mol. The zero-order chi connectivity index (χ0) is 28.2. The summed E-state index contributed by atoms with van der Waals surface area (Å²) in [7, 11) is 1.63. The van der Waals surface area contributed by atoms with Gasteiger partial charge < -0.3 is 19.5 Å². The van der Waals surface area contributed by atoms with Crippen LogP contribution in [0.1, 0.15) is 17.5 Å². The van der Waals surface area contributed by atoms with Gasteiger partial charge in [0.25, 0.3) is 0 Å². The van der Waals surface area contributed by atoms with Crippen molar-refractivity contribution in [2.75, 3.05) is 51.8 Å². The highest BCUT2D eigenvalue weighted by Gasteiger charge is 2.39. The number of likely N-dealkylation sites (tertiary alicyclic amines) is 1. The molecule has 41 heavy (non-hydrogen) atoms. The Kier molecular flexibility index (Phi) is 8.27. The number of nitrogens with zero attached hydrogens (tertiary/aromatic N) is 4. The van der Waals surface area contributed by atoms with E-state index in [2.05, 4.69) is 55.4 Å². The number of benzene rings is 3. The second kappa shape index (κ2) is 12.4. The van der Waals surface area contributed by atoms with Crippen molar-refractivity contribution in [2.45, 2.75) is 32.0 Å². The molecule has 4 aromatic rings. The van der Waals surface area contributed by atoms with Gasteiger partial charge in [0.2, 0.25) is 0 Å². The highest BCUT2D eigenvalue weighted by atomic mass is 19.1. The van der Waals surface area contributed by atoms with Gasteiger partial charge in [-0.2, -0.15) is 0 Å². The standard InChI is InChI=1S/C32H36FN5O3/c1-22-15-24(9-10-26(22)33)36-32-25-16-30(29(39-2)17-27(25)34-21-35-32)40-13-6-11-37-19-28-31(20-37)41-14-12-38(28)18-23-7-4-3-5-8-23/h3-5,7-10,15-17,21,28,31H,6,11-14,18-20H2,1-2H3,(H,34,35,36)/t28-,31-/m1/s1. The Morgan fingerprint density at radius 1 is 1.05 bits per heavy atom. The third-order valence-electron chi connectivity index (χ3n) is 7.94. The molecule has 2 aliphatic heterocycles. The number of fused-ring (bicyclic) bond motifs is 2. The van der Waals surface area contributed by atoms with Crippen molar-refractivity contribution in [1.29, 1.82) is 0 Å². The minimum Gasteiger partial charge on any atom is -0.493 e. The number of nitrogens with one attached hydrogen (secondary N) is 1. The first-order valence-electron chi connectivity index (χ1n) is 14.2. The Balaban J connectivity index is 1.08. The fourth-order valence-corrected chi connectivity index (χ4v) is 5.80. The summed E-state index contributed by atoms with van der Waals surface area (Å²) in [5, 5.41) is 4.09. The van der Waals surface area contributed by atoms with E-state index >= 15 is 0 Å². The van der Waals surface area contributed by atoms with Gasteiger partial charge in [-0.1, -0.05) is 30.3 Å². The van der Waals surface area contributed by atoms with Crippen LogP contribution in [0.15, 0.2) is 67.0 Å². The molecule has 0 saturated carbocycles. The summed E-state index contributed by atoms with van der Waals surface area (Å²) in [6, 6.07) is 19.8. The molecule has 1 aromatic heterocycles. The van der Waals surface area contributed by atoms with Gasteiger partial charge in [0, 0.05) is 49.9 Å². The average Bonchev–Trinajstić information content (AvgIpc) is 3.42. The quantitative estimate of drug-likeness (QED) is 0.268. The molecular formula is C32H36FN5O3. The second-order valence-electron chi connectivity index (χ2n) is 10.7. The lowest BCUT2D eigenvalue weighted by Gasteiger charge is -2.37. The van der Waals surface area contributed by atoms with Gasteiger partial charge in [-0.15, -0.1) is 0 Å². The SMILES string of the molecule is COc1cc2ncnc(Nc3ccc(F)c(C)c3)c2cc1OCCCN1C[C@@H]2[C@@H](C1)OCCN2Cc1ccccc1. The van der Waals surface area contributed by atoms with E-state index in [0.717, 1.165) is 62.3 Å². The minimum atomic E-state index is -0.242. The predicted octanol–water partition coefficient (Wildman–Crippen LogP) is 5.18. The molecular weight excluding hydrogens is 521 g/mol. The lowest BCUT2D eigenvalue weighted by Crippen LogP contribution is -2.50. The highest BCUT2D eigenvalue weighted by molar-refractivity contribution is 5.93. The first-order valence-corrected chi connectivity index (χ1v) is 14.2. The van der Waals surface area contributed by atoms with Crippen molar-refractivity contribution in [3.05, 3.63) is 83.9 Å². The highest BCUT2D eigenvalue weighted by Crippen LogP contribution is 2.35. The maximum absolute atomic E-state index is 13.8. The maximum Gasteiger partial charge on any atom is 0.162 e. The van der Waals surface area contributed by atoms with E-state index < -0.39 is 0 Å². The summed E-state index contributed by atoms with van der Waals surface area (Å²) in [5.74, 6) is 1.64. The molecule has 2 fully saturated rings. The third-order valence-corrected chi connectivity index (χ3v) is 7.94. The van der Waals surface area contributed by atoms with Crippen LogP contribution < -0.4 is 14.8 Å². The van der Waals surface area contributed by atoms with Crippen molar-refractivity contribution in [1.82, 2.24) is 19.8 Å². The molecule has 0 radical (unpaired) electrons. The summed E-state index contributed by atoms with van der Waals surface area (Å²) in [5.41, 5.74) is 3.39. The Morgan fingerprint density at radius 3 is 2.76 bits per heavy atom. The van der Waals surface area contributed by atoms with Crippen molar-refractivity contribution >= 4 is 22.4 Å². The maximum atomic E-state index is 13.8. The van der Waals surface area contributed by atoms with Crippen molar-refractivity contribution < 1.29 is 18.6 Å². The third kappa shape index (κ3) is 6.27. The van der Waals surface area contributed by atoms with Crippen LogP contribution in [0.25, 0.3) is 10.9 Å². The van der Waals surface area contributed by atoms with Crippen LogP contribution in [0.4, 0.5) is 15.9 Å². The minimum absolute atomic E-state index is 0.242. The van der Waals surface area contributed by atoms with E-state index in [1.165, 1.54) is 18.0 Å². The van der Waals surface area contributed by atoms with Gasteiger partial charge in [0.1, 0.15) is 18.0 Å². The van der Waals surface area contributed by atoms with E-state index in [1.54, 1.807) is 26.2 Å². The zero-order valence-corrected chi connectivity index (χ0v) is 23.6. The molecule has 0 unspecified atom stereocenters. The number of aryl methyl sites for hydroxylation is 1. The van der Waals surface area contributed by atoms with Crippen LogP contribution in [0.3, 0.4) is 0 Å². The topological polar surface area (TPSA) is 72.0 Å². The summed E-state index contributed by atoms with van der Waals surface area (Å²) >= 11 is 0. The number of morpholine rings is 1. The van der Waals surface area contributed by atoms with E-state index in [4.69, 9.17) is 14.2 Å². The fraction of sp³-hybridized carbons (Fsp3) is 0.375. The number of hydrogen-bond donors (Lipinski definition) is 1. The van der Waals surface area contributed by atoms with Gasteiger partial charge in [-0.3, -0.25) is 9.80 Å². The molecule has 6 rings (SSSR count). The lowest BCUT2D eigenvalue weighted by molar-refractivity contribution is -0.0504. The number of halogens is 1. The normalized spacial score (nSPS) is 19.3. The molecule has 2 atom stereocenters. The number of hydrogen-bond acceptors (Lipinski definition) is 8. The van der Waals surface area contributed by atoms with Gasteiger partial charge >= 0.3 is 0 Å². The Bertz CT molecular complexity index is 1490. The van der Waals surface area contributed by atoms with E-state index in [0.29, 0.717) is 35.5 Å². The zero-order valence-electron chi connectivity index (χ0n) is 23.6. The average molecular weight is 558 g/mol. The van der Waals surface area contributed by atoms with Crippen LogP contribution in [-0.2, 0) is 11.3 Å². The number of methoxy groups -OCH3 is 1. The number of anilines is 2. The second-order valence-corrected chi connectivity index (χ2v) is 10.7. The molecule has 0 bridgehead atoms. The van der Waals surface area contributed by atoms with Gasteiger partial charge in [-0.25, -0.2) is 14.4 Å². The van der Waals surface area contributed by atoms with Gasteiger partial charge in [0.05, 0.1) is 38.0 Å². The molecule has 8 nitrogen and oxygen atoms in total. The van der Waals surface area contributed by atoms with Crippen LogP contribution in [0.5, 0.6) is 11.5 Å². The first kappa shape index (κ1) is 27.4. The van der Waals surface area contributed by atoms with Crippen LogP contribution in [0.2, 0.25) is 0 Å². The fourth-order valence-electron chi connectivity index (χ4n) is 5.80. The van der Waals surface area contributed by atoms with Crippen LogP contribution >= 0.6 is 0 Å². The summed E-state index contributed by atoms with van der Waals surface area (Å²) in [6.45, 7) is 7.90. The summed E-state index contributed by atoms with van der Waals surface area (Å²) in [4.78, 5) is 13.9. The largest absolute Gasteiger partial charge is 0.493 e. The molecule has 1 N–H and O–H groups in total. The molecule has 3 heterocycles. The van der Waals surface area contributed by atoms with Crippen molar-refractivity contribution in [3.63, 3.8) is 0 Å². The molecule has 0 spiro atoms. The monoisotopic (exact) mass is 557 g/mol. The Morgan fingerprint density at radius 2 is 1.93 bits per heavy atom. The Labute approximate surface area is 240 Å². The van der Waals surface area contributed by atoms with Crippen molar-refractivity contribution in [3.8, 4) is 11.5 Å². The lowest BCUT2D eigenvalue weighted by atomic mass is 10.1. The molecule has 9 heteroatoms. The van der Waals surface area contributed by atoms with Gasteiger partial charge in [-0.05, 0) is 48.7 Å². The molecule has 0 aliphatic carbocycles. The van der Waals surface area contributed by atoms with Gasteiger partial charge in [0.15, 0.2) is 11.5 Å². The van der Waals surface area contributed by atoms with E-state index in [1.807, 2.05) is 12.1 Å². The molecule has 2 saturated heterocycles. The number of aromatic nitrogens is 2. The summed E-state index contributed by atoms with van der Waals surface area (Å²) < 4.78 is 31.7. The number of ether oxygens (including phenoxy) is 3. The van der Waals surface area contributed by atoms with E-state index in [-0.39, 0.29) is 11.9 Å². The molecule has 214 valence electrons. The van der Waals surface area contributed by atoms with Crippen LogP contribution in [-0.4, -0.2) is 78.4 Å². The first-order chi connectivity index (χ1) is 20.1. The summed E-state index contributed by atoms with van der Waals surface area (Å²) in [6.07, 6.45) is 2.63.